The standard InChI is InChI=1S/C13H16N2O/c1-13(2,3)9-15-11-6-7-14-8-10(11)4-5-12(15)16/h4-8H,9H2,1-3H3. The quantitative estimate of drug-likeness (QED) is 0.734. The summed E-state index contributed by atoms with van der Waals surface area (Å²) in [5, 5.41) is 1.01. The van der Waals surface area contributed by atoms with Crippen LogP contribution in [0.25, 0.3) is 10.9 Å². The molecule has 0 amide bonds. The van der Waals surface area contributed by atoms with Crippen LogP contribution in [0.3, 0.4) is 0 Å². The lowest BCUT2D eigenvalue weighted by atomic mass is 9.96. The first-order valence-corrected chi connectivity index (χ1v) is 5.41. The van der Waals surface area contributed by atoms with Gasteiger partial charge in [0, 0.05) is 30.4 Å². The van der Waals surface area contributed by atoms with Crippen LogP contribution in [-0.2, 0) is 6.54 Å². The molecule has 2 aromatic rings. The molecular weight excluding hydrogens is 200 g/mol. The van der Waals surface area contributed by atoms with Gasteiger partial charge in [-0.2, -0.15) is 0 Å². The van der Waals surface area contributed by atoms with Crippen molar-refractivity contribution in [1.82, 2.24) is 9.55 Å². The van der Waals surface area contributed by atoms with E-state index in [-0.39, 0.29) is 11.0 Å². The van der Waals surface area contributed by atoms with E-state index in [0.29, 0.717) is 6.54 Å². The Kier molecular flexibility index (Phi) is 2.54. The highest BCUT2D eigenvalue weighted by molar-refractivity contribution is 5.77. The number of fused-ring (bicyclic) bond motifs is 1. The second-order valence-electron chi connectivity index (χ2n) is 5.25. The fourth-order valence-corrected chi connectivity index (χ4v) is 1.78. The first-order chi connectivity index (χ1) is 7.47. The van der Waals surface area contributed by atoms with Crippen molar-refractivity contribution >= 4 is 10.9 Å². The smallest absolute Gasteiger partial charge is 0.251 e. The van der Waals surface area contributed by atoms with Crippen LogP contribution in [-0.4, -0.2) is 9.55 Å². The van der Waals surface area contributed by atoms with Crippen molar-refractivity contribution in [2.45, 2.75) is 27.3 Å². The van der Waals surface area contributed by atoms with Gasteiger partial charge in [-0.25, -0.2) is 0 Å². The molecule has 0 saturated carbocycles. The number of nitrogens with zero attached hydrogens (tertiary/aromatic N) is 2. The Morgan fingerprint density at radius 2 is 2.00 bits per heavy atom. The van der Waals surface area contributed by atoms with Gasteiger partial charge in [0.05, 0.1) is 5.52 Å². The molecule has 0 N–H and O–H groups in total. The Morgan fingerprint density at radius 3 is 2.69 bits per heavy atom. The lowest BCUT2D eigenvalue weighted by Gasteiger charge is -2.21. The zero-order chi connectivity index (χ0) is 11.8. The highest BCUT2D eigenvalue weighted by atomic mass is 16.1. The van der Waals surface area contributed by atoms with Gasteiger partial charge < -0.3 is 4.57 Å². The third kappa shape index (κ3) is 2.13. The highest BCUT2D eigenvalue weighted by Crippen LogP contribution is 2.18. The minimum Gasteiger partial charge on any atom is -0.308 e. The van der Waals surface area contributed by atoms with Gasteiger partial charge in [-0.1, -0.05) is 20.8 Å². The molecule has 16 heavy (non-hydrogen) atoms. The minimum absolute atomic E-state index is 0.0497. The summed E-state index contributed by atoms with van der Waals surface area (Å²) in [7, 11) is 0. The van der Waals surface area contributed by atoms with Crippen LogP contribution >= 0.6 is 0 Å². The molecule has 2 heterocycles. The number of pyridine rings is 2. The van der Waals surface area contributed by atoms with Crippen molar-refractivity contribution in [2.24, 2.45) is 5.41 Å². The molecule has 2 rings (SSSR count). The molecule has 0 unspecified atom stereocenters. The Labute approximate surface area is 94.7 Å². The van der Waals surface area contributed by atoms with Crippen molar-refractivity contribution in [3.63, 3.8) is 0 Å². The summed E-state index contributed by atoms with van der Waals surface area (Å²) in [6, 6.07) is 5.32. The molecule has 0 aliphatic heterocycles. The molecule has 0 spiro atoms. The molecule has 2 aromatic heterocycles. The van der Waals surface area contributed by atoms with Crippen LogP contribution in [0, 0.1) is 5.41 Å². The predicted octanol–water partition coefficient (Wildman–Crippen LogP) is 2.44. The van der Waals surface area contributed by atoms with Gasteiger partial charge in [0.25, 0.3) is 5.56 Å². The Hall–Kier alpha value is -1.64. The highest BCUT2D eigenvalue weighted by Gasteiger charge is 2.13. The van der Waals surface area contributed by atoms with Crippen molar-refractivity contribution < 1.29 is 0 Å². The van der Waals surface area contributed by atoms with Gasteiger partial charge in [0.15, 0.2) is 0 Å². The molecule has 3 nitrogen and oxygen atoms in total. The van der Waals surface area contributed by atoms with Crippen molar-refractivity contribution in [2.75, 3.05) is 0 Å². The van der Waals surface area contributed by atoms with Crippen LogP contribution in [0.15, 0.2) is 35.4 Å². The first kappa shape index (κ1) is 10.9. The normalized spacial score (nSPS) is 11.9. The fourth-order valence-electron chi connectivity index (χ4n) is 1.78. The van der Waals surface area contributed by atoms with Gasteiger partial charge in [0.2, 0.25) is 0 Å². The maximum absolute atomic E-state index is 11.9. The van der Waals surface area contributed by atoms with E-state index in [2.05, 4.69) is 25.8 Å². The Morgan fingerprint density at radius 1 is 1.25 bits per heavy atom. The van der Waals surface area contributed by atoms with E-state index in [9.17, 15) is 4.79 Å². The SMILES string of the molecule is CC(C)(C)Cn1c(=O)ccc2cnccc21. The van der Waals surface area contributed by atoms with Crippen LogP contribution in [0.4, 0.5) is 0 Å². The minimum atomic E-state index is 0.0497. The summed E-state index contributed by atoms with van der Waals surface area (Å²) in [5.41, 5.74) is 1.09. The van der Waals surface area contributed by atoms with Gasteiger partial charge >= 0.3 is 0 Å². The molecule has 0 fully saturated rings. The molecule has 84 valence electrons. The van der Waals surface area contributed by atoms with E-state index in [1.54, 1.807) is 18.5 Å². The molecule has 0 aromatic carbocycles. The van der Waals surface area contributed by atoms with E-state index in [1.165, 1.54) is 0 Å². The van der Waals surface area contributed by atoms with Gasteiger partial charge in [-0.05, 0) is 17.5 Å². The van der Waals surface area contributed by atoms with E-state index in [0.717, 1.165) is 10.9 Å². The van der Waals surface area contributed by atoms with E-state index >= 15 is 0 Å². The van der Waals surface area contributed by atoms with Gasteiger partial charge in [0.1, 0.15) is 0 Å². The van der Waals surface area contributed by atoms with E-state index in [1.807, 2.05) is 16.7 Å². The third-order valence-corrected chi connectivity index (χ3v) is 2.42. The molecule has 0 aliphatic carbocycles. The van der Waals surface area contributed by atoms with Crippen molar-refractivity contribution in [3.8, 4) is 0 Å². The number of aromatic nitrogens is 2. The topological polar surface area (TPSA) is 34.9 Å². The maximum atomic E-state index is 11.9. The van der Waals surface area contributed by atoms with Gasteiger partial charge in [-0.15, -0.1) is 0 Å². The molecule has 0 atom stereocenters. The van der Waals surface area contributed by atoms with E-state index in [4.69, 9.17) is 0 Å². The first-order valence-electron chi connectivity index (χ1n) is 5.41. The Bertz CT molecular complexity index is 564. The molecular formula is C13H16N2O. The molecule has 0 saturated heterocycles. The lowest BCUT2D eigenvalue weighted by molar-refractivity contribution is 0.344. The molecule has 0 aliphatic rings. The van der Waals surface area contributed by atoms with Gasteiger partial charge in [-0.3, -0.25) is 9.78 Å². The zero-order valence-corrected chi connectivity index (χ0v) is 9.90. The summed E-state index contributed by atoms with van der Waals surface area (Å²) >= 11 is 0. The van der Waals surface area contributed by atoms with Crippen LogP contribution in [0.2, 0.25) is 0 Å². The predicted molar refractivity (Wildman–Crippen MR) is 65.5 cm³/mol. The zero-order valence-electron chi connectivity index (χ0n) is 9.90. The summed E-state index contributed by atoms with van der Waals surface area (Å²) in [6.07, 6.45) is 3.51. The number of rotatable bonds is 1. The summed E-state index contributed by atoms with van der Waals surface area (Å²) < 4.78 is 1.82. The van der Waals surface area contributed by atoms with Crippen molar-refractivity contribution in [3.05, 3.63) is 40.9 Å². The molecule has 0 bridgehead atoms. The number of hydrogen-bond acceptors (Lipinski definition) is 2. The maximum Gasteiger partial charge on any atom is 0.251 e. The average Bonchev–Trinajstić information content (AvgIpc) is 2.21. The monoisotopic (exact) mass is 216 g/mol. The third-order valence-electron chi connectivity index (χ3n) is 2.42. The largest absolute Gasteiger partial charge is 0.308 e. The summed E-state index contributed by atoms with van der Waals surface area (Å²) in [4.78, 5) is 15.9. The van der Waals surface area contributed by atoms with Crippen LogP contribution in [0.5, 0.6) is 0 Å². The molecule has 0 radical (unpaired) electrons. The lowest BCUT2D eigenvalue weighted by Crippen LogP contribution is -2.26. The summed E-state index contributed by atoms with van der Waals surface area (Å²) in [5.74, 6) is 0. The van der Waals surface area contributed by atoms with Crippen LogP contribution in [0.1, 0.15) is 20.8 Å². The van der Waals surface area contributed by atoms with E-state index < -0.39 is 0 Å². The average molecular weight is 216 g/mol. The summed E-state index contributed by atoms with van der Waals surface area (Å²) in [6.45, 7) is 7.09. The number of hydrogen-bond donors (Lipinski definition) is 0. The molecule has 3 heteroatoms. The van der Waals surface area contributed by atoms with Crippen molar-refractivity contribution in [1.29, 1.82) is 0 Å². The Balaban J connectivity index is 2.66. The second kappa shape index (κ2) is 3.74. The fraction of sp³-hybridized carbons (Fsp3) is 0.385. The second-order valence-corrected chi connectivity index (χ2v) is 5.25. The van der Waals surface area contributed by atoms with Crippen LogP contribution < -0.4 is 5.56 Å².